The molecule has 0 saturated heterocycles. The minimum Gasteiger partial charge on any atom is -0.457 e. The number of rotatable bonds is 4. The molecule has 0 amide bonds. The molecule has 0 heterocycles. The Kier molecular flexibility index (Phi) is 3.80. The zero-order chi connectivity index (χ0) is 15.7. The third-order valence-corrected chi connectivity index (χ3v) is 3.94. The van der Waals surface area contributed by atoms with Crippen molar-refractivity contribution in [2.75, 3.05) is 6.61 Å². The van der Waals surface area contributed by atoms with Crippen LogP contribution in [-0.2, 0) is 16.0 Å². The predicted molar refractivity (Wildman–Crippen MR) is 84.8 cm³/mol. The van der Waals surface area contributed by atoms with Crippen LogP contribution in [0.15, 0.2) is 42.5 Å². The number of carbonyl (C=O) groups excluding carboxylic acids is 2. The Morgan fingerprint density at radius 3 is 2.55 bits per heavy atom. The summed E-state index contributed by atoms with van der Waals surface area (Å²) in [4.78, 5) is 23.7. The van der Waals surface area contributed by atoms with E-state index in [1.165, 1.54) is 16.7 Å². The summed E-state index contributed by atoms with van der Waals surface area (Å²) in [5, 5.41) is 0. The van der Waals surface area contributed by atoms with Crippen molar-refractivity contribution in [3.05, 3.63) is 59.2 Å². The summed E-state index contributed by atoms with van der Waals surface area (Å²) in [5.41, 5.74) is 5.40. The molecule has 0 atom stereocenters. The first-order chi connectivity index (χ1) is 10.6. The van der Waals surface area contributed by atoms with Crippen LogP contribution in [0.5, 0.6) is 0 Å². The smallest absolute Gasteiger partial charge is 0.308 e. The second-order valence-electron chi connectivity index (χ2n) is 5.89. The van der Waals surface area contributed by atoms with Crippen molar-refractivity contribution >= 4 is 11.8 Å². The van der Waals surface area contributed by atoms with Crippen molar-refractivity contribution in [2.45, 2.75) is 20.3 Å². The van der Waals surface area contributed by atoms with Crippen LogP contribution in [0.4, 0.5) is 0 Å². The van der Waals surface area contributed by atoms with Crippen LogP contribution in [0.3, 0.4) is 0 Å². The van der Waals surface area contributed by atoms with E-state index >= 15 is 0 Å². The topological polar surface area (TPSA) is 43.4 Å². The van der Waals surface area contributed by atoms with Gasteiger partial charge < -0.3 is 4.74 Å². The minimum atomic E-state index is -0.347. The molecule has 2 aromatic carbocycles. The van der Waals surface area contributed by atoms with Gasteiger partial charge in [-0.3, -0.25) is 9.59 Å². The third kappa shape index (κ3) is 2.67. The SMILES string of the molecule is CC(C)C(=O)OCC(=O)c1ccc2c(c1)-c1ccccc1C2. The van der Waals surface area contributed by atoms with Crippen molar-refractivity contribution < 1.29 is 14.3 Å². The summed E-state index contributed by atoms with van der Waals surface area (Å²) in [6.07, 6.45) is 0.905. The van der Waals surface area contributed by atoms with E-state index in [0.29, 0.717) is 5.56 Å². The van der Waals surface area contributed by atoms with Gasteiger partial charge in [-0.2, -0.15) is 0 Å². The van der Waals surface area contributed by atoms with Gasteiger partial charge in [-0.15, -0.1) is 0 Å². The largest absolute Gasteiger partial charge is 0.457 e. The van der Waals surface area contributed by atoms with Crippen LogP contribution in [-0.4, -0.2) is 18.4 Å². The molecule has 3 nitrogen and oxygen atoms in total. The fourth-order valence-electron chi connectivity index (χ4n) is 2.68. The van der Waals surface area contributed by atoms with Crippen LogP contribution in [0.2, 0.25) is 0 Å². The monoisotopic (exact) mass is 294 g/mol. The van der Waals surface area contributed by atoms with Gasteiger partial charge in [-0.25, -0.2) is 0 Å². The Bertz CT molecular complexity index is 744. The summed E-state index contributed by atoms with van der Waals surface area (Å²) in [6, 6.07) is 13.9. The lowest BCUT2D eigenvalue weighted by atomic mass is 10.0. The van der Waals surface area contributed by atoms with Gasteiger partial charge in [0.1, 0.15) is 0 Å². The number of benzene rings is 2. The number of carbonyl (C=O) groups is 2. The van der Waals surface area contributed by atoms with E-state index in [9.17, 15) is 9.59 Å². The molecule has 112 valence electrons. The first-order valence-corrected chi connectivity index (χ1v) is 7.47. The van der Waals surface area contributed by atoms with Crippen LogP contribution in [0.1, 0.15) is 35.3 Å². The number of esters is 1. The lowest BCUT2D eigenvalue weighted by Crippen LogP contribution is -2.17. The molecule has 22 heavy (non-hydrogen) atoms. The maximum atomic E-state index is 12.2. The first-order valence-electron chi connectivity index (χ1n) is 7.47. The van der Waals surface area contributed by atoms with Gasteiger partial charge in [0.05, 0.1) is 5.92 Å². The summed E-state index contributed by atoms with van der Waals surface area (Å²) in [7, 11) is 0. The van der Waals surface area contributed by atoms with Gasteiger partial charge in [-0.1, -0.05) is 50.2 Å². The molecule has 0 bridgehead atoms. The molecule has 0 aromatic heterocycles. The second-order valence-corrected chi connectivity index (χ2v) is 5.89. The zero-order valence-corrected chi connectivity index (χ0v) is 12.8. The van der Waals surface area contributed by atoms with Crippen LogP contribution in [0, 0.1) is 5.92 Å². The van der Waals surface area contributed by atoms with Crippen molar-refractivity contribution in [3.8, 4) is 11.1 Å². The number of Topliss-reactive ketones (excluding diaryl/α,β-unsaturated/α-hetero) is 1. The maximum Gasteiger partial charge on any atom is 0.308 e. The van der Waals surface area contributed by atoms with Gasteiger partial charge in [0, 0.05) is 5.56 Å². The van der Waals surface area contributed by atoms with E-state index in [4.69, 9.17) is 4.74 Å². The highest BCUT2D eigenvalue weighted by atomic mass is 16.5. The molecular weight excluding hydrogens is 276 g/mol. The summed E-state index contributed by atoms with van der Waals surface area (Å²) < 4.78 is 5.02. The average molecular weight is 294 g/mol. The molecule has 0 unspecified atom stereocenters. The number of hydrogen-bond acceptors (Lipinski definition) is 3. The Morgan fingerprint density at radius 2 is 1.77 bits per heavy atom. The molecule has 0 radical (unpaired) electrons. The van der Waals surface area contributed by atoms with E-state index in [0.717, 1.165) is 12.0 Å². The highest BCUT2D eigenvalue weighted by molar-refractivity contribution is 5.99. The van der Waals surface area contributed by atoms with Crippen LogP contribution < -0.4 is 0 Å². The number of ketones is 1. The summed E-state index contributed by atoms with van der Waals surface area (Å²) in [6.45, 7) is 3.30. The van der Waals surface area contributed by atoms with Crippen molar-refractivity contribution in [3.63, 3.8) is 0 Å². The maximum absolute atomic E-state index is 12.2. The zero-order valence-electron chi connectivity index (χ0n) is 12.8. The molecule has 0 spiro atoms. The van der Waals surface area contributed by atoms with E-state index < -0.39 is 0 Å². The molecular formula is C19H18O3. The standard InChI is InChI=1S/C19H18O3/c1-12(2)19(21)22-11-18(20)15-8-7-14-9-13-5-3-4-6-16(13)17(14)10-15/h3-8,10,12H,9,11H2,1-2H3. The Balaban J connectivity index is 1.81. The lowest BCUT2D eigenvalue weighted by Gasteiger charge is -2.08. The highest BCUT2D eigenvalue weighted by Gasteiger charge is 2.20. The molecule has 3 rings (SSSR count). The number of fused-ring (bicyclic) bond motifs is 3. The average Bonchev–Trinajstić information content (AvgIpc) is 2.89. The predicted octanol–water partition coefficient (Wildman–Crippen LogP) is 3.64. The Hall–Kier alpha value is -2.42. The second kappa shape index (κ2) is 5.76. The fraction of sp³-hybridized carbons (Fsp3) is 0.263. The first kappa shape index (κ1) is 14.5. The van der Waals surface area contributed by atoms with Gasteiger partial charge in [0.25, 0.3) is 0 Å². The van der Waals surface area contributed by atoms with Gasteiger partial charge in [-0.05, 0) is 34.7 Å². The summed E-state index contributed by atoms with van der Waals surface area (Å²) in [5.74, 6) is -0.735. The Labute approximate surface area is 129 Å². The number of hydrogen-bond donors (Lipinski definition) is 0. The third-order valence-electron chi connectivity index (χ3n) is 3.94. The van der Waals surface area contributed by atoms with Crippen LogP contribution >= 0.6 is 0 Å². The molecule has 0 fully saturated rings. The molecule has 0 saturated carbocycles. The van der Waals surface area contributed by atoms with Gasteiger partial charge in [0.15, 0.2) is 12.4 Å². The van der Waals surface area contributed by atoms with E-state index in [1.54, 1.807) is 13.8 Å². The van der Waals surface area contributed by atoms with Gasteiger partial charge in [0.2, 0.25) is 0 Å². The minimum absolute atomic E-state index is 0.166. The lowest BCUT2D eigenvalue weighted by molar-refractivity contribution is -0.146. The quantitative estimate of drug-likeness (QED) is 0.545. The number of ether oxygens (including phenoxy) is 1. The van der Waals surface area contributed by atoms with Crippen molar-refractivity contribution in [1.29, 1.82) is 0 Å². The highest BCUT2D eigenvalue weighted by Crippen LogP contribution is 2.36. The van der Waals surface area contributed by atoms with E-state index in [-0.39, 0.29) is 24.3 Å². The van der Waals surface area contributed by atoms with Crippen molar-refractivity contribution in [2.24, 2.45) is 5.92 Å². The molecule has 1 aliphatic rings. The molecule has 0 N–H and O–H groups in total. The molecule has 3 heteroatoms. The summed E-state index contributed by atoms with van der Waals surface area (Å²) >= 11 is 0. The molecule has 2 aromatic rings. The van der Waals surface area contributed by atoms with E-state index in [1.807, 2.05) is 30.3 Å². The fourth-order valence-corrected chi connectivity index (χ4v) is 2.68. The van der Waals surface area contributed by atoms with Crippen molar-refractivity contribution in [1.82, 2.24) is 0 Å². The van der Waals surface area contributed by atoms with Gasteiger partial charge >= 0.3 is 5.97 Å². The molecule has 0 aliphatic heterocycles. The van der Waals surface area contributed by atoms with E-state index in [2.05, 4.69) is 12.1 Å². The normalized spacial score (nSPS) is 12.0. The molecule has 1 aliphatic carbocycles. The van der Waals surface area contributed by atoms with Crippen LogP contribution in [0.25, 0.3) is 11.1 Å². The Morgan fingerprint density at radius 1 is 1.05 bits per heavy atom.